The van der Waals surface area contributed by atoms with Crippen molar-refractivity contribution in [1.82, 2.24) is 15.3 Å². The Hall–Kier alpha value is -1.74. The molecule has 0 spiro atoms. The van der Waals surface area contributed by atoms with Crippen LogP contribution in [0.1, 0.15) is 37.1 Å². The van der Waals surface area contributed by atoms with Gasteiger partial charge in [-0.05, 0) is 12.1 Å². The maximum Gasteiger partial charge on any atom is 0.0762 e. The number of hydrogen-bond acceptors (Lipinski definition) is 3. The summed E-state index contributed by atoms with van der Waals surface area (Å²) in [7, 11) is 0. The molecule has 0 radical (unpaired) electrons. The quantitative estimate of drug-likeness (QED) is 0.874. The Kier molecular flexibility index (Phi) is 4.42. The lowest BCUT2D eigenvalue weighted by molar-refractivity contribution is 0.467. The molecule has 0 fully saturated rings. The number of hydrogen-bond donors (Lipinski definition) is 1. The van der Waals surface area contributed by atoms with E-state index in [1.54, 1.807) is 12.4 Å². The molecule has 1 N–H and O–H groups in total. The van der Waals surface area contributed by atoms with Crippen molar-refractivity contribution in [3.63, 3.8) is 0 Å². The van der Waals surface area contributed by atoms with Crippen LogP contribution in [-0.2, 0) is 0 Å². The van der Waals surface area contributed by atoms with E-state index in [-0.39, 0.29) is 6.04 Å². The molecular formula is C15H19N3. The summed E-state index contributed by atoms with van der Waals surface area (Å²) >= 11 is 0. The van der Waals surface area contributed by atoms with Crippen molar-refractivity contribution in [1.29, 1.82) is 0 Å². The summed E-state index contributed by atoms with van der Waals surface area (Å²) < 4.78 is 0. The van der Waals surface area contributed by atoms with Gasteiger partial charge in [0.2, 0.25) is 0 Å². The summed E-state index contributed by atoms with van der Waals surface area (Å²) in [5.74, 6) is 0.364. The molecule has 3 heteroatoms. The van der Waals surface area contributed by atoms with E-state index < -0.39 is 0 Å². The van der Waals surface area contributed by atoms with Crippen molar-refractivity contribution in [3.05, 3.63) is 60.2 Å². The summed E-state index contributed by atoms with van der Waals surface area (Å²) in [6.07, 6.45) is 5.30. The monoisotopic (exact) mass is 241 g/mol. The fourth-order valence-electron chi connectivity index (χ4n) is 2.18. The molecule has 2 rings (SSSR count). The van der Waals surface area contributed by atoms with Crippen LogP contribution in [0.3, 0.4) is 0 Å². The van der Waals surface area contributed by atoms with Crippen LogP contribution in [-0.4, -0.2) is 16.5 Å². The summed E-state index contributed by atoms with van der Waals surface area (Å²) in [6.45, 7) is 5.25. The van der Waals surface area contributed by atoms with Gasteiger partial charge in [0.15, 0.2) is 0 Å². The van der Waals surface area contributed by atoms with Gasteiger partial charge in [0, 0.05) is 24.5 Å². The van der Waals surface area contributed by atoms with E-state index in [9.17, 15) is 0 Å². The predicted octanol–water partition coefficient (Wildman–Crippen LogP) is 2.93. The Morgan fingerprint density at radius 3 is 2.56 bits per heavy atom. The van der Waals surface area contributed by atoms with Crippen LogP contribution in [0, 0.1) is 0 Å². The minimum atomic E-state index is 0.200. The SMILES string of the molecule is CCNC(c1cnccn1)C(C)c1ccccc1. The number of likely N-dealkylation sites (N-methyl/N-ethyl adjacent to an activating group) is 1. The highest BCUT2D eigenvalue weighted by molar-refractivity contribution is 5.23. The molecule has 0 aliphatic carbocycles. The molecular weight excluding hydrogens is 222 g/mol. The summed E-state index contributed by atoms with van der Waals surface area (Å²) in [5.41, 5.74) is 2.31. The molecule has 3 nitrogen and oxygen atoms in total. The molecule has 0 aliphatic rings. The molecule has 1 aromatic heterocycles. The zero-order chi connectivity index (χ0) is 12.8. The minimum absolute atomic E-state index is 0.200. The highest BCUT2D eigenvalue weighted by atomic mass is 14.9. The molecule has 0 bridgehead atoms. The first-order valence-corrected chi connectivity index (χ1v) is 6.37. The van der Waals surface area contributed by atoms with E-state index in [0.717, 1.165) is 12.2 Å². The van der Waals surface area contributed by atoms with E-state index in [4.69, 9.17) is 0 Å². The third-order valence-corrected chi connectivity index (χ3v) is 3.15. The van der Waals surface area contributed by atoms with Crippen molar-refractivity contribution < 1.29 is 0 Å². The van der Waals surface area contributed by atoms with Gasteiger partial charge in [-0.3, -0.25) is 9.97 Å². The molecule has 2 atom stereocenters. The van der Waals surface area contributed by atoms with Crippen LogP contribution < -0.4 is 5.32 Å². The lowest BCUT2D eigenvalue weighted by Crippen LogP contribution is -2.26. The van der Waals surface area contributed by atoms with E-state index in [0.29, 0.717) is 5.92 Å². The molecule has 2 unspecified atom stereocenters. The number of rotatable bonds is 5. The number of benzene rings is 1. The smallest absolute Gasteiger partial charge is 0.0762 e. The Morgan fingerprint density at radius 1 is 1.17 bits per heavy atom. The largest absolute Gasteiger partial charge is 0.308 e. The first kappa shape index (κ1) is 12.7. The Labute approximate surface area is 108 Å². The lowest BCUT2D eigenvalue weighted by Gasteiger charge is -2.24. The Balaban J connectivity index is 2.26. The second-order valence-corrected chi connectivity index (χ2v) is 4.36. The third kappa shape index (κ3) is 2.93. The number of nitrogens with zero attached hydrogens (tertiary/aromatic N) is 2. The van der Waals surface area contributed by atoms with Gasteiger partial charge in [0.25, 0.3) is 0 Å². The van der Waals surface area contributed by atoms with Crippen LogP contribution >= 0.6 is 0 Å². The number of nitrogens with one attached hydrogen (secondary N) is 1. The number of aromatic nitrogens is 2. The summed E-state index contributed by atoms with van der Waals surface area (Å²) in [5, 5.41) is 3.49. The van der Waals surface area contributed by atoms with Gasteiger partial charge >= 0.3 is 0 Å². The van der Waals surface area contributed by atoms with Gasteiger partial charge in [-0.15, -0.1) is 0 Å². The molecule has 0 saturated carbocycles. The van der Waals surface area contributed by atoms with Crippen LogP contribution in [0.2, 0.25) is 0 Å². The topological polar surface area (TPSA) is 37.8 Å². The minimum Gasteiger partial charge on any atom is -0.308 e. The van der Waals surface area contributed by atoms with E-state index >= 15 is 0 Å². The van der Waals surface area contributed by atoms with Gasteiger partial charge < -0.3 is 5.32 Å². The second-order valence-electron chi connectivity index (χ2n) is 4.36. The van der Waals surface area contributed by atoms with Crippen molar-refractivity contribution >= 4 is 0 Å². The van der Waals surface area contributed by atoms with Crippen molar-refractivity contribution in [3.8, 4) is 0 Å². The molecule has 1 heterocycles. The Morgan fingerprint density at radius 2 is 1.94 bits per heavy atom. The summed E-state index contributed by atoms with van der Waals surface area (Å²) in [4.78, 5) is 8.58. The zero-order valence-electron chi connectivity index (χ0n) is 10.9. The summed E-state index contributed by atoms with van der Waals surface area (Å²) in [6, 6.07) is 10.7. The average molecular weight is 241 g/mol. The van der Waals surface area contributed by atoms with Crippen LogP contribution in [0.25, 0.3) is 0 Å². The maximum absolute atomic E-state index is 4.42. The molecule has 1 aromatic carbocycles. The van der Waals surface area contributed by atoms with Crippen molar-refractivity contribution in [2.24, 2.45) is 0 Å². The van der Waals surface area contributed by atoms with Gasteiger partial charge in [-0.2, -0.15) is 0 Å². The highest BCUT2D eigenvalue weighted by Gasteiger charge is 2.20. The van der Waals surface area contributed by atoms with Crippen molar-refractivity contribution in [2.45, 2.75) is 25.8 Å². The van der Waals surface area contributed by atoms with Crippen LogP contribution in [0.15, 0.2) is 48.9 Å². The highest BCUT2D eigenvalue weighted by Crippen LogP contribution is 2.28. The van der Waals surface area contributed by atoms with Gasteiger partial charge in [0.05, 0.1) is 11.7 Å². The van der Waals surface area contributed by atoms with Crippen LogP contribution in [0.5, 0.6) is 0 Å². The van der Waals surface area contributed by atoms with E-state index in [1.165, 1.54) is 5.56 Å². The van der Waals surface area contributed by atoms with Crippen molar-refractivity contribution in [2.75, 3.05) is 6.54 Å². The normalized spacial score (nSPS) is 14.1. The molecule has 2 aromatic rings. The maximum atomic E-state index is 4.42. The fraction of sp³-hybridized carbons (Fsp3) is 0.333. The molecule has 0 saturated heterocycles. The molecule has 0 amide bonds. The predicted molar refractivity (Wildman–Crippen MR) is 73.3 cm³/mol. The third-order valence-electron chi connectivity index (χ3n) is 3.15. The Bertz CT molecular complexity index is 456. The molecule has 94 valence electrons. The first-order valence-electron chi connectivity index (χ1n) is 6.37. The van der Waals surface area contributed by atoms with Gasteiger partial charge in [-0.1, -0.05) is 44.2 Å². The molecule has 18 heavy (non-hydrogen) atoms. The van der Waals surface area contributed by atoms with Gasteiger partial charge in [-0.25, -0.2) is 0 Å². The second kappa shape index (κ2) is 6.26. The lowest BCUT2D eigenvalue weighted by atomic mass is 9.91. The van der Waals surface area contributed by atoms with Gasteiger partial charge in [0.1, 0.15) is 0 Å². The molecule has 0 aliphatic heterocycles. The van der Waals surface area contributed by atoms with Crippen LogP contribution in [0.4, 0.5) is 0 Å². The first-order chi connectivity index (χ1) is 8.83. The fourth-order valence-corrected chi connectivity index (χ4v) is 2.18. The van der Waals surface area contributed by atoms with E-state index in [2.05, 4.69) is 53.4 Å². The standard InChI is InChI=1S/C15H19N3/c1-3-17-15(14-11-16-9-10-18-14)12(2)13-7-5-4-6-8-13/h4-12,15,17H,3H2,1-2H3. The van der Waals surface area contributed by atoms with E-state index in [1.807, 2.05) is 12.3 Å². The zero-order valence-corrected chi connectivity index (χ0v) is 10.9. The average Bonchev–Trinajstić information content (AvgIpc) is 2.46.